The lowest BCUT2D eigenvalue weighted by atomic mass is 10.2. The molecule has 1 aromatic heterocycles. The van der Waals surface area contributed by atoms with Crippen molar-refractivity contribution in [2.45, 2.75) is 0 Å². The van der Waals surface area contributed by atoms with Crippen LogP contribution < -0.4 is 5.32 Å². The van der Waals surface area contributed by atoms with Gasteiger partial charge in [-0.25, -0.2) is 4.98 Å². The van der Waals surface area contributed by atoms with Gasteiger partial charge in [-0.1, -0.05) is 29.3 Å². The van der Waals surface area contributed by atoms with Crippen LogP contribution >= 0.6 is 50.5 Å². The van der Waals surface area contributed by atoms with Crippen molar-refractivity contribution in [2.24, 2.45) is 0 Å². The van der Waals surface area contributed by atoms with E-state index in [2.05, 4.69) is 26.2 Å². The third-order valence-corrected chi connectivity index (χ3v) is 5.29. The van der Waals surface area contributed by atoms with Crippen LogP contribution in [0.5, 0.6) is 0 Å². The monoisotopic (exact) mass is 400 g/mol. The lowest BCUT2D eigenvalue weighted by Gasteiger charge is -2.09. The number of aromatic nitrogens is 1. The molecule has 1 amide bonds. The number of nitrogens with one attached hydrogen (secondary N) is 1. The summed E-state index contributed by atoms with van der Waals surface area (Å²) in [5, 5.41) is 3.59. The van der Waals surface area contributed by atoms with Gasteiger partial charge in [-0.15, -0.1) is 11.3 Å². The normalized spacial score (nSPS) is 10.8. The predicted octanol–water partition coefficient (Wildman–Crippen LogP) is 5.62. The average molecular weight is 402 g/mol. The molecule has 0 saturated heterocycles. The Balaban J connectivity index is 2.02. The largest absolute Gasteiger partial charge is 0.319 e. The topological polar surface area (TPSA) is 42.0 Å². The van der Waals surface area contributed by atoms with E-state index in [0.717, 1.165) is 4.70 Å². The van der Waals surface area contributed by atoms with Gasteiger partial charge in [0.25, 0.3) is 5.91 Å². The van der Waals surface area contributed by atoms with Crippen LogP contribution in [0.2, 0.25) is 10.0 Å². The fraction of sp³-hybridized carbons (Fsp3) is 0. The molecule has 7 heteroatoms. The molecule has 0 fully saturated rings. The Morgan fingerprint density at radius 1 is 1.24 bits per heavy atom. The highest BCUT2D eigenvalue weighted by molar-refractivity contribution is 9.10. The second-order valence-electron chi connectivity index (χ2n) is 4.18. The summed E-state index contributed by atoms with van der Waals surface area (Å²) in [6.45, 7) is 0. The van der Waals surface area contributed by atoms with Crippen LogP contribution in [0.4, 0.5) is 5.69 Å². The van der Waals surface area contributed by atoms with Gasteiger partial charge in [0.05, 0.1) is 31.5 Å². The first-order chi connectivity index (χ1) is 10.1. The summed E-state index contributed by atoms with van der Waals surface area (Å²) in [6.07, 6.45) is 0. The summed E-state index contributed by atoms with van der Waals surface area (Å²) in [4.78, 5) is 16.6. The molecule has 106 valence electrons. The van der Waals surface area contributed by atoms with E-state index in [1.165, 1.54) is 11.3 Å². The number of amides is 1. The highest BCUT2D eigenvalue weighted by atomic mass is 79.9. The minimum absolute atomic E-state index is 0.330. The Hall–Kier alpha value is -1.14. The van der Waals surface area contributed by atoms with Crippen molar-refractivity contribution < 1.29 is 4.79 Å². The van der Waals surface area contributed by atoms with Gasteiger partial charge in [0.1, 0.15) is 5.52 Å². The molecule has 1 heterocycles. The molecular weight excluding hydrogens is 395 g/mol. The summed E-state index contributed by atoms with van der Waals surface area (Å²) in [6, 6.07) is 8.78. The van der Waals surface area contributed by atoms with Gasteiger partial charge in [0.2, 0.25) is 0 Å². The maximum Gasteiger partial charge on any atom is 0.257 e. The standard InChI is InChI=1S/C14H7BrCl2N2OS/c15-8-3-1-2-7(11(8)17)14(20)19-12-9(16)4-5-10-13(12)18-6-21-10/h1-6H,(H,19,20). The van der Waals surface area contributed by atoms with Gasteiger partial charge >= 0.3 is 0 Å². The van der Waals surface area contributed by atoms with Crippen LogP contribution in [-0.2, 0) is 0 Å². The van der Waals surface area contributed by atoms with E-state index < -0.39 is 0 Å². The van der Waals surface area contributed by atoms with E-state index >= 15 is 0 Å². The second-order valence-corrected chi connectivity index (χ2v) is 6.70. The van der Waals surface area contributed by atoms with Gasteiger partial charge in [-0.3, -0.25) is 4.79 Å². The first-order valence-electron chi connectivity index (χ1n) is 5.85. The Kier molecular flexibility index (Phi) is 4.17. The Morgan fingerprint density at radius 3 is 2.86 bits per heavy atom. The van der Waals surface area contributed by atoms with Crippen LogP contribution in [0.1, 0.15) is 10.4 Å². The molecule has 0 aliphatic rings. The molecule has 0 aliphatic heterocycles. The van der Waals surface area contributed by atoms with E-state index in [-0.39, 0.29) is 5.91 Å². The lowest BCUT2D eigenvalue weighted by Crippen LogP contribution is -2.13. The Bertz CT molecular complexity index is 850. The predicted molar refractivity (Wildman–Crippen MR) is 91.7 cm³/mol. The van der Waals surface area contributed by atoms with Crippen molar-refractivity contribution in [3.05, 3.63) is 55.9 Å². The minimum Gasteiger partial charge on any atom is -0.319 e. The number of benzene rings is 2. The molecule has 0 saturated carbocycles. The van der Waals surface area contributed by atoms with Gasteiger partial charge in [-0.2, -0.15) is 0 Å². The zero-order chi connectivity index (χ0) is 15.0. The smallest absolute Gasteiger partial charge is 0.257 e. The first kappa shape index (κ1) is 14.8. The van der Waals surface area contributed by atoms with E-state index in [1.807, 2.05) is 6.07 Å². The molecule has 0 radical (unpaired) electrons. The quantitative estimate of drug-likeness (QED) is 0.605. The summed E-state index contributed by atoms with van der Waals surface area (Å²) >= 11 is 17.1. The van der Waals surface area contributed by atoms with Crippen LogP contribution in [0.3, 0.4) is 0 Å². The fourth-order valence-electron chi connectivity index (χ4n) is 1.89. The molecule has 0 spiro atoms. The summed E-state index contributed by atoms with van der Waals surface area (Å²) in [5.41, 5.74) is 3.25. The third kappa shape index (κ3) is 2.79. The Labute approximate surface area is 143 Å². The number of nitrogens with zero attached hydrogens (tertiary/aromatic N) is 1. The van der Waals surface area contributed by atoms with Crippen molar-refractivity contribution in [3.8, 4) is 0 Å². The number of halogens is 3. The van der Waals surface area contributed by atoms with Gasteiger partial charge in [-0.05, 0) is 40.2 Å². The van der Waals surface area contributed by atoms with Crippen molar-refractivity contribution >= 4 is 72.3 Å². The molecular formula is C14H7BrCl2N2OS. The number of rotatable bonds is 2. The van der Waals surface area contributed by atoms with Gasteiger partial charge < -0.3 is 5.32 Å². The number of hydrogen-bond donors (Lipinski definition) is 1. The van der Waals surface area contributed by atoms with Gasteiger partial charge in [0.15, 0.2) is 0 Å². The number of fused-ring (bicyclic) bond motifs is 1. The first-order valence-corrected chi connectivity index (χ1v) is 8.28. The van der Waals surface area contributed by atoms with Crippen molar-refractivity contribution in [1.82, 2.24) is 4.98 Å². The fourth-order valence-corrected chi connectivity index (χ4v) is 3.35. The van der Waals surface area contributed by atoms with E-state index in [1.54, 1.807) is 29.8 Å². The Morgan fingerprint density at radius 2 is 2.05 bits per heavy atom. The van der Waals surface area contributed by atoms with Crippen LogP contribution in [0, 0.1) is 0 Å². The molecule has 0 atom stereocenters. The van der Waals surface area contributed by atoms with Crippen LogP contribution in [0.25, 0.3) is 10.2 Å². The summed E-state index contributed by atoms with van der Waals surface area (Å²) in [7, 11) is 0. The maximum absolute atomic E-state index is 12.4. The molecule has 0 bridgehead atoms. The highest BCUT2D eigenvalue weighted by Crippen LogP contribution is 2.33. The van der Waals surface area contributed by atoms with Crippen molar-refractivity contribution in [2.75, 3.05) is 5.32 Å². The second kappa shape index (κ2) is 5.93. The number of carbonyl (C=O) groups is 1. The average Bonchev–Trinajstić information content (AvgIpc) is 2.93. The summed E-state index contributed by atoms with van der Waals surface area (Å²) < 4.78 is 1.62. The number of hydrogen-bond acceptors (Lipinski definition) is 3. The molecule has 3 rings (SSSR count). The number of carbonyl (C=O) groups excluding carboxylic acids is 1. The van der Waals surface area contributed by atoms with E-state index in [4.69, 9.17) is 23.2 Å². The molecule has 3 nitrogen and oxygen atoms in total. The molecule has 21 heavy (non-hydrogen) atoms. The van der Waals surface area contributed by atoms with Crippen LogP contribution in [-0.4, -0.2) is 10.9 Å². The van der Waals surface area contributed by atoms with Crippen LogP contribution in [0.15, 0.2) is 40.3 Å². The zero-order valence-corrected chi connectivity index (χ0v) is 14.3. The third-order valence-electron chi connectivity index (χ3n) is 2.89. The van der Waals surface area contributed by atoms with E-state index in [9.17, 15) is 4.79 Å². The minimum atomic E-state index is -0.330. The molecule has 3 aromatic rings. The number of thiazole rings is 1. The van der Waals surface area contributed by atoms with Crippen molar-refractivity contribution in [3.63, 3.8) is 0 Å². The van der Waals surface area contributed by atoms with E-state index in [0.29, 0.717) is 31.3 Å². The maximum atomic E-state index is 12.4. The molecule has 2 aromatic carbocycles. The molecule has 0 unspecified atom stereocenters. The SMILES string of the molecule is O=C(Nc1c(Cl)ccc2scnc12)c1cccc(Br)c1Cl. The zero-order valence-electron chi connectivity index (χ0n) is 10.4. The molecule has 0 aliphatic carbocycles. The van der Waals surface area contributed by atoms with Crippen molar-refractivity contribution in [1.29, 1.82) is 0 Å². The van der Waals surface area contributed by atoms with Gasteiger partial charge in [0, 0.05) is 4.47 Å². The number of anilines is 1. The summed E-state index contributed by atoms with van der Waals surface area (Å²) in [5.74, 6) is -0.330. The lowest BCUT2D eigenvalue weighted by molar-refractivity contribution is 0.102. The highest BCUT2D eigenvalue weighted by Gasteiger charge is 2.16. The molecule has 1 N–H and O–H groups in total.